The number of nitrogens with two attached hydrogens (primary N) is 1. The molecule has 0 bridgehead atoms. The van der Waals surface area contributed by atoms with E-state index in [1.165, 1.54) is 0 Å². The fourth-order valence-electron chi connectivity index (χ4n) is 2.73. The molecule has 0 aliphatic carbocycles. The number of aliphatic carboxylic acids is 1. The van der Waals surface area contributed by atoms with Crippen molar-refractivity contribution in [2.24, 2.45) is 11.7 Å². The molecule has 1 saturated heterocycles. The summed E-state index contributed by atoms with van der Waals surface area (Å²) in [6, 6.07) is 9.41. The third-order valence-corrected chi connectivity index (χ3v) is 4.09. The van der Waals surface area contributed by atoms with Crippen LogP contribution >= 0.6 is 0 Å². The van der Waals surface area contributed by atoms with Gasteiger partial charge in [-0.1, -0.05) is 50.6 Å². The molecule has 0 saturated carbocycles. The van der Waals surface area contributed by atoms with Crippen LogP contribution in [0.3, 0.4) is 0 Å². The first-order valence-electron chi connectivity index (χ1n) is 6.86. The summed E-state index contributed by atoms with van der Waals surface area (Å²) >= 11 is 0. The number of hydrogen-bond acceptors (Lipinski definition) is 3. The molecule has 0 radical (unpaired) electrons. The van der Waals surface area contributed by atoms with Gasteiger partial charge in [-0.25, -0.2) is 0 Å². The zero-order valence-electron chi connectivity index (χ0n) is 11.5. The fraction of sp³-hybridized carbons (Fsp3) is 0.533. The number of hydrogen-bond donors (Lipinski definition) is 2. The Balaban J connectivity index is 2.08. The Kier molecular flexibility index (Phi) is 4.22. The van der Waals surface area contributed by atoms with Gasteiger partial charge in [-0.15, -0.1) is 0 Å². The van der Waals surface area contributed by atoms with Crippen LogP contribution in [0.5, 0.6) is 0 Å². The monoisotopic (exact) mass is 262 g/mol. The zero-order chi connectivity index (χ0) is 14.0. The van der Waals surface area contributed by atoms with Gasteiger partial charge in [0, 0.05) is 6.04 Å². The highest BCUT2D eigenvalue weighted by molar-refractivity contribution is 5.74. The first kappa shape index (κ1) is 14.0. The highest BCUT2D eigenvalue weighted by Crippen LogP contribution is 2.35. The van der Waals surface area contributed by atoms with Crippen LogP contribution < -0.4 is 5.73 Å². The van der Waals surface area contributed by atoms with E-state index < -0.39 is 12.0 Å². The van der Waals surface area contributed by atoms with E-state index in [4.69, 9.17) is 5.73 Å². The number of carboxylic acid groups (broad SMARTS) is 1. The summed E-state index contributed by atoms with van der Waals surface area (Å²) in [5.41, 5.74) is 7.08. The Labute approximate surface area is 114 Å². The van der Waals surface area contributed by atoms with Crippen molar-refractivity contribution in [3.63, 3.8) is 0 Å². The summed E-state index contributed by atoms with van der Waals surface area (Å²) in [6.45, 7) is 4.24. The number of rotatable bonds is 6. The van der Waals surface area contributed by atoms with Crippen molar-refractivity contribution in [3.8, 4) is 0 Å². The maximum Gasteiger partial charge on any atom is 0.321 e. The molecule has 1 aliphatic rings. The van der Waals surface area contributed by atoms with Gasteiger partial charge in [0.15, 0.2) is 0 Å². The third-order valence-electron chi connectivity index (χ3n) is 4.09. The van der Waals surface area contributed by atoms with E-state index in [2.05, 4.69) is 13.8 Å². The topological polar surface area (TPSA) is 66.3 Å². The lowest BCUT2D eigenvalue weighted by Crippen LogP contribution is -2.34. The Bertz CT molecular complexity index is 435. The van der Waals surface area contributed by atoms with Gasteiger partial charge in [0.05, 0.1) is 6.17 Å². The zero-order valence-corrected chi connectivity index (χ0v) is 11.5. The summed E-state index contributed by atoms with van der Waals surface area (Å²) in [6.07, 6.45) is 1.42. The molecule has 1 fully saturated rings. The van der Waals surface area contributed by atoms with E-state index in [0.717, 1.165) is 12.0 Å². The normalized spacial score (nSPS) is 28.7. The van der Waals surface area contributed by atoms with Gasteiger partial charge in [-0.2, -0.15) is 0 Å². The van der Waals surface area contributed by atoms with Crippen LogP contribution in [-0.4, -0.2) is 34.2 Å². The van der Waals surface area contributed by atoms with Gasteiger partial charge in [-0.3, -0.25) is 9.69 Å². The SMILES string of the molecule is CCC(C)C1C(N)N1[C@@H](Cc1ccccc1)C(=O)O. The number of carbonyl (C=O) groups is 1. The van der Waals surface area contributed by atoms with Gasteiger partial charge in [0.25, 0.3) is 0 Å². The predicted octanol–water partition coefficient (Wildman–Crippen LogP) is 1.70. The largest absolute Gasteiger partial charge is 0.480 e. The van der Waals surface area contributed by atoms with E-state index in [1.54, 1.807) is 0 Å². The lowest BCUT2D eigenvalue weighted by Gasteiger charge is -2.16. The van der Waals surface area contributed by atoms with Gasteiger partial charge in [-0.05, 0) is 17.9 Å². The second-order valence-electron chi connectivity index (χ2n) is 5.36. The first-order chi connectivity index (χ1) is 9.06. The van der Waals surface area contributed by atoms with Crippen molar-refractivity contribution < 1.29 is 9.90 Å². The second-order valence-corrected chi connectivity index (χ2v) is 5.36. The van der Waals surface area contributed by atoms with E-state index >= 15 is 0 Å². The Morgan fingerprint density at radius 2 is 2.05 bits per heavy atom. The van der Waals surface area contributed by atoms with Crippen LogP contribution in [0.4, 0.5) is 0 Å². The van der Waals surface area contributed by atoms with E-state index in [-0.39, 0.29) is 12.2 Å². The molecule has 4 heteroatoms. The smallest absolute Gasteiger partial charge is 0.321 e. The molecule has 0 amide bonds. The van der Waals surface area contributed by atoms with E-state index in [0.29, 0.717) is 12.3 Å². The van der Waals surface area contributed by atoms with Crippen molar-refractivity contribution in [1.29, 1.82) is 0 Å². The minimum atomic E-state index is -0.787. The van der Waals surface area contributed by atoms with Gasteiger partial charge in [0.2, 0.25) is 0 Å². The number of carboxylic acids is 1. The quantitative estimate of drug-likeness (QED) is 0.766. The molecule has 5 atom stereocenters. The van der Waals surface area contributed by atoms with E-state index in [1.807, 2.05) is 35.2 Å². The lowest BCUT2D eigenvalue weighted by molar-refractivity contribution is -0.141. The Morgan fingerprint density at radius 3 is 2.58 bits per heavy atom. The molecule has 0 aromatic heterocycles. The standard InChI is InChI=1S/C15H22N2O2/c1-3-10(2)13-14(16)17(13)12(15(18)19)9-11-7-5-4-6-8-11/h4-8,10,12-14H,3,9,16H2,1-2H3,(H,18,19)/t10?,12-,13?,14?,17?/m0/s1. The van der Waals surface area contributed by atoms with Crippen molar-refractivity contribution in [2.45, 2.75) is 44.9 Å². The molecule has 104 valence electrons. The molecule has 1 heterocycles. The van der Waals surface area contributed by atoms with Crippen molar-refractivity contribution in [1.82, 2.24) is 4.90 Å². The van der Waals surface area contributed by atoms with Crippen LogP contribution in [0.1, 0.15) is 25.8 Å². The second kappa shape index (κ2) is 5.72. The molecular formula is C15H22N2O2. The van der Waals surface area contributed by atoms with Crippen molar-refractivity contribution >= 4 is 5.97 Å². The number of benzene rings is 1. The van der Waals surface area contributed by atoms with Crippen LogP contribution in [0.25, 0.3) is 0 Å². The summed E-state index contributed by atoms with van der Waals surface area (Å²) in [7, 11) is 0. The maximum atomic E-state index is 11.5. The fourth-order valence-corrected chi connectivity index (χ4v) is 2.73. The molecule has 3 N–H and O–H groups in total. The minimum absolute atomic E-state index is 0.111. The molecular weight excluding hydrogens is 240 g/mol. The van der Waals surface area contributed by atoms with Crippen molar-refractivity contribution in [3.05, 3.63) is 35.9 Å². The lowest BCUT2D eigenvalue weighted by atomic mass is 10.0. The van der Waals surface area contributed by atoms with Gasteiger partial charge in [0.1, 0.15) is 6.04 Å². The van der Waals surface area contributed by atoms with Crippen molar-refractivity contribution in [2.75, 3.05) is 0 Å². The summed E-state index contributed by atoms with van der Waals surface area (Å²) in [5, 5.41) is 9.44. The molecule has 1 aromatic rings. The van der Waals surface area contributed by atoms with Gasteiger partial charge >= 0.3 is 5.97 Å². The average Bonchev–Trinajstić information content (AvgIpc) is 3.07. The molecule has 4 unspecified atom stereocenters. The summed E-state index contributed by atoms with van der Waals surface area (Å²) in [4.78, 5) is 13.4. The summed E-state index contributed by atoms with van der Waals surface area (Å²) in [5.74, 6) is -0.349. The Hall–Kier alpha value is -1.39. The Morgan fingerprint density at radius 1 is 1.42 bits per heavy atom. The average molecular weight is 262 g/mol. The molecule has 4 nitrogen and oxygen atoms in total. The third kappa shape index (κ3) is 2.96. The van der Waals surface area contributed by atoms with Gasteiger partial charge < -0.3 is 10.8 Å². The van der Waals surface area contributed by atoms with Crippen LogP contribution in [0.2, 0.25) is 0 Å². The predicted molar refractivity (Wildman–Crippen MR) is 74.6 cm³/mol. The molecule has 0 spiro atoms. The maximum absolute atomic E-state index is 11.5. The van der Waals surface area contributed by atoms with E-state index in [9.17, 15) is 9.90 Å². The van der Waals surface area contributed by atoms with Crippen LogP contribution in [-0.2, 0) is 11.2 Å². The minimum Gasteiger partial charge on any atom is -0.480 e. The molecule has 19 heavy (non-hydrogen) atoms. The highest BCUT2D eigenvalue weighted by atomic mass is 16.4. The molecule has 1 aliphatic heterocycles. The highest BCUT2D eigenvalue weighted by Gasteiger charge is 2.53. The van der Waals surface area contributed by atoms with Crippen LogP contribution in [0, 0.1) is 5.92 Å². The molecule has 2 rings (SSSR count). The van der Waals surface area contributed by atoms with Crippen LogP contribution in [0.15, 0.2) is 30.3 Å². The number of nitrogens with zero attached hydrogens (tertiary/aromatic N) is 1. The molecule has 1 aromatic carbocycles. The summed E-state index contributed by atoms with van der Waals surface area (Å²) < 4.78 is 0. The first-order valence-corrected chi connectivity index (χ1v) is 6.86.